The Morgan fingerprint density at radius 2 is 2.17 bits per heavy atom. The van der Waals surface area contributed by atoms with Gasteiger partial charge in [-0.05, 0) is 30.3 Å². The van der Waals surface area contributed by atoms with Crippen molar-refractivity contribution in [1.29, 1.82) is 0 Å². The predicted octanol–water partition coefficient (Wildman–Crippen LogP) is 1.27. The van der Waals surface area contributed by atoms with Crippen LogP contribution < -0.4 is 5.69 Å². The molecule has 0 saturated heterocycles. The SMILES string of the molecule is O=c1[nH]nc2ccc(Sc3cccc(O)c3)nn12. The number of hydrogen-bond acceptors (Lipinski definition) is 5. The second-order valence-electron chi connectivity index (χ2n) is 3.57. The van der Waals surface area contributed by atoms with Crippen LogP contribution in [0.15, 0.2) is 51.1 Å². The minimum absolute atomic E-state index is 0.196. The van der Waals surface area contributed by atoms with Crippen LogP contribution in [-0.2, 0) is 0 Å². The first kappa shape index (κ1) is 10.8. The van der Waals surface area contributed by atoms with E-state index in [4.69, 9.17) is 0 Å². The summed E-state index contributed by atoms with van der Waals surface area (Å²) in [5, 5.41) is 20.3. The number of rotatable bonds is 2. The van der Waals surface area contributed by atoms with E-state index >= 15 is 0 Å². The lowest BCUT2D eigenvalue weighted by atomic mass is 10.3. The van der Waals surface area contributed by atoms with Crippen LogP contribution in [0, 0.1) is 0 Å². The molecule has 0 aliphatic rings. The summed E-state index contributed by atoms with van der Waals surface area (Å²) in [6.07, 6.45) is 0. The maximum atomic E-state index is 11.4. The summed E-state index contributed by atoms with van der Waals surface area (Å²) in [4.78, 5) is 12.2. The van der Waals surface area contributed by atoms with Crippen LogP contribution in [0.3, 0.4) is 0 Å². The second-order valence-corrected chi connectivity index (χ2v) is 4.66. The summed E-state index contributed by atoms with van der Waals surface area (Å²) in [5.41, 5.74) is 0.101. The van der Waals surface area contributed by atoms with Gasteiger partial charge >= 0.3 is 5.69 Å². The van der Waals surface area contributed by atoms with Gasteiger partial charge in [0.25, 0.3) is 0 Å². The van der Waals surface area contributed by atoms with Gasteiger partial charge in [0.2, 0.25) is 0 Å². The van der Waals surface area contributed by atoms with Crippen LogP contribution in [0.25, 0.3) is 5.65 Å². The number of nitrogens with one attached hydrogen (secondary N) is 1. The molecule has 6 nitrogen and oxygen atoms in total. The molecule has 90 valence electrons. The first-order valence-electron chi connectivity index (χ1n) is 5.14. The lowest BCUT2D eigenvalue weighted by Gasteiger charge is -2.01. The Labute approximate surface area is 105 Å². The van der Waals surface area contributed by atoms with Gasteiger partial charge in [-0.1, -0.05) is 17.8 Å². The molecule has 0 bridgehead atoms. The molecule has 0 fully saturated rings. The van der Waals surface area contributed by atoms with Gasteiger partial charge in [0.15, 0.2) is 5.65 Å². The molecule has 2 heterocycles. The van der Waals surface area contributed by atoms with Crippen LogP contribution in [0.2, 0.25) is 0 Å². The Morgan fingerprint density at radius 3 is 3.00 bits per heavy atom. The number of H-pyrrole nitrogens is 1. The molecule has 2 aromatic heterocycles. The Hall–Kier alpha value is -2.28. The third kappa shape index (κ3) is 1.95. The van der Waals surface area contributed by atoms with E-state index in [1.807, 2.05) is 6.07 Å². The first-order valence-corrected chi connectivity index (χ1v) is 5.95. The molecule has 18 heavy (non-hydrogen) atoms. The molecular formula is C11H8N4O2S. The molecule has 3 rings (SSSR count). The van der Waals surface area contributed by atoms with Crippen molar-refractivity contribution in [2.45, 2.75) is 9.92 Å². The molecule has 7 heteroatoms. The fourth-order valence-corrected chi connectivity index (χ4v) is 2.33. The Kier molecular flexibility index (Phi) is 2.52. The number of nitrogens with zero attached hydrogens (tertiary/aromatic N) is 3. The molecule has 2 N–H and O–H groups in total. The summed E-state index contributed by atoms with van der Waals surface area (Å²) < 4.78 is 1.20. The van der Waals surface area contributed by atoms with Crippen LogP contribution in [0.1, 0.15) is 0 Å². The lowest BCUT2D eigenvalue weighted by Crippen LogP contribution is -2.12. The van der Waals surface area contributed by atoms with Crippen LogP contribution in [0.4, 0.5) is 0 Å². The quantitative estimate of drug-likeness (QED) is 0.725. The van der Waals surface area contributed by atoms with Crippen molar-refractivity contribution in [3.8, 4) is 5.75 Å². The molecular weight excluding hydrogens is 252 g/mol. The van der Waals surface area contributed by atoms with Crippen molar-refractivity contribution < 1.29 is 5.11 Å². The van der Waals surface area contributed by atoms with E-state index in [0.717, 1.165) is 4.90 Å². The molecule has 0 atom stereocenters. The molecule has 0 aliphatic heterocycles. The average molecular weight is 260 g/mol. The van der Waals surface area contributed by atoms with E-state index in [1.54, 1.807) is 30.3 Å². The minimum atomic E-state index is -0.372. The van der Waals surface area contributed by atoms with Gasteiger partial charge in [-0.3, -0.25) is 0 Å². The van der Waals surface area contributed by atoms with Gasteiger partial charge in [0.05, 0.1) is 0 Å². The van der Waals surface area contributed by atoms with Gasteiger partial charge in [-0.2, -0.15) is 14.7 Å². The third-order valence-corrected chi connectivity index (χ3v) is 3.21. The van der Waals surface area contributed by atoms with Crippen LogP contribution in [0.5, 0.6) is 5.75 Å². The molecule has 3 aromatic rings. The summed E-state index contributed by atoms with van der Waals surface area (Å²) in [7, 11) is 0. The van der Waals surface area contributed by atoms with Gasteiger partial charge in [0.1, 0.15) is 10.8 Å². The van der Waals surface area contributed by atoms with Crippen molar-refractivity contribution in [3.05, 3.63) is 46.9 Å². The molecule has 0 saturated carbocycles. The Balaban J connectivity index is 1.99. The highest BCUT2D eigenvalue weighted by Gasteiger charge is 2.04. The van der Waals surface area contributed by atoms with Gasteiger partial charge in [-0.25, -0.2) is 9.89 Å². The highest BCUT2D eigenvalue weighted by atomic mass is 32.2. The number of aromatic nitrogens is 4. The average Bonchev–Trinajstić information content (AvgIpc) is 2.71. The van der Waals surface area contributed by atoms with Crippen molar-refractivity contribution >= 4 is 17.4 Å². The van der Waals surface area contributed by atoms with Gasteiger partial charge in [-0.15, -0.1) is 0 Å². The number of fused-ring (bicyclic) bond motifs is 1. The zero-order valence-corrected chi connectivity index (χ0v) is 9.89. The fourth-order valence-electron chi connectivity index (χ4n) is 1.51. The van der Waals surface area contributed by atoms with Crippen molar-refractivity contribution in [2.75, 3.05) is 0 Å². The van der Waals surface area contributed by atoms with Crippen molar-refractivity contribution in [2.24, 2.45) is 0 Å². The topological polar surface area (TPSA) is 83.3 Å². The minimum Gasteiger partial charge on any atom is -0.508 e. The highest BCUT2D eigenvalue weighted by Crippen LogP contribution is 2.27. The van der Waals surface area contributed by atoms with Crippen LogP contribution in [-0.4, -0.2) is 24.9 Å². The second kappa shape index (κ2) is 4.19. The first-order chi connectivity index (χ1) is 8.72. The van der Waals surface area contributed by atoms with E-state index in [2.05, 4.69) is 15.3 Å². The smallest absolute Gasteiger partial charge is 0.364 e. The summed E-state index contributed by atoms with van der Waals surface area (Å²) in [6.45, 7) is 0. The third-order valence-electron chi connectivity index (χ3n) is 2.29. The predicted molar refractivity (Wildman–Crippen MR) is 65.8 cm³/mol. The Bertz CT molecular complexity index is 765. The summed E-state index contributed by atoms with van der Waals surface area (Å²) in [6, 6.07) is 10.3. The molecule has 0 radical (unpaired) electrons. The monoisotopic (exact) mass is 260 g/mol. The number of aromatic amines is 1. The molecule has 0 aliphatic carbocycles. The lowest BCUT2D eigenvalue weighted by molar-refractivity contribution is 0.474. The Morgan fingerprint density at radius 1 is 1.28 bits per heavy atom. The molecule has 0 spiro atoms. The number of phenolic OH excluding ortho intramolecular Hbond substituents is 1. The van der Waals surface area contributed by atoms with E-state index in [-0.39, 0.29) is 11.4 Å². The molecule has 0 unspecified atom stereocenters. The van der Waals surface area contributed by atoms with E-state index < -0.39 is 0 Å². The maximum absolute atomic E-state index is 11.4. The zero-order valence-electron chi connectivity index (χ0n) is 9.07. The van der Waals surface area contributed by atoms with Crippen LogP contribution >= 0.6 is 11.8 Å². The zero-order chi connectivity index (χ0) is 12.5. The van der Waals surface area contributed by atoms with Gasteiger partial charge < -0.3 is 5.11 Å². The summed E-state index contributed by atoms with van der Waals surface area (Å²) >= 11 is 1.36. The fraction of sp³-hybridized carbons (Fsp3) is 0. The molecule has 0 amide bonds. The van der Waals surface area contributed by atoms with E-state index in [0.29, 0.717) is 10.7 Å². The highest BCUT2D eigenvalue weighted by molar-refractivity contribution is 7.99. The maximum Gasteiger partial charge on any atom is 0.364 e. The van der Waals surface area contributed by atoms with Crippen molar-refractivity contribution in [3.63, 3.8) is 0 Å². The van der Waals surface area contributed by atoms with Crippen molar-refractivity contribution in [1.82, 2.24) is 19.8 Å². The number of benzene rings is 1. The normalized spacial score (nSPS) is 10.9. The largest absolute Gasteiger partial charge is 0.508 e. The van der Waals surface area contributed by atoms with E-state index in [1.165, 1.54) is 16.3 Å². The number of phenols is 1. The van der Waals surface area contributed by atoms with E-state index in [9.17, 15) is 9.90 Å². The standard InChI is InChI=1S/C11H8N4O2S/c16-7-2-1-3-8(6-7)18-10-5-4-9-12-13-11(17)15(9)14-10/h1-6,16H,(H,13,17). The number of hydrogen-bond donors (Lipinski definition) is 2. The van der Waals surface area contributed by atoms with Gasteiger partial charge in [0, 0.05) is 4.90 Å². The summed E-state index contributed by atoms with van der Waals surface area (Å²) in [5.74, 6) is 0.196. The molecule has 1 aromatic carbocycles. The number of aromatic hydroxyl groups is 1.